The summed E-state index contributed by atoms with van der Waals surface area (Å²) in [5, 5.41) is 5.86. The van der Waals surface area contributed by atoms with Crippen molar-refractivity contribution in [3.05, 3.63) is 72.3 Å². The predicted molar refractivity (Wildman–Crippen MR) is 247 cm³/mol. The molecule has 2 aromatic carbocycles. The molecule has 2 amide bonds. The molecule has 350 valence electrons. The Morgan fingerprint density at radius 1 is 0.619 bits per heavy atom. The Labute approximate surface area is 377 Å². The van der Waals surface area contributed by atoms with Crippen molar-refractivity contribution in [3.8, 4) is 11.1 Å². The van der Waals surface area contributed by atoms with E-state index in [9.17, 15) is 24.0 Å². The van der Waals surface area contributed by atoms with Gasteiger partial charge in [0.05, 0.1) is 32.5 Å². The molecule has 0 saturated carbocycles. The molecule has 63 heavy (non-hydrogen) atoms. The second-order valence-electron chi connectivity index (χ2n) is 16.3. The number of Topliss-reactive ketones (excluding diaryl/α,β-unsaturated/α-hetero) is 2. The van der Waals surface area contributed by atoms with E-state index < -0.39 is 12.1 Å². The molecule has 0 unspecified atom stereocenters. The van der Waals surface area contributed by atoms with Crippen LogP contribution in [-0.2, 0) is 42.9 Å². The molecule has 3 rings (SSSR count). The van der Waals surface area contributed by atoms with Crippen molar-refractivity contribution in [2.45, 2.75) is 147 Å². The molecular formula is C51H76N2O10. The lowest BCUT2D eigenvalue weighted by atomic mass is 9.98. The van der Waals surface area contributed by atoms with Crippen LogP contribution in [0.4, 0.5) is 4.79 Å². The number of amides is 2. The van der Waals surface area contributed by atoms with Gasteiger partial charge in [0.15, 0.2) is 5.78 Å². The van der Waals surface area contributed by atoms with Crippen LogP contribution in [0.3, 0.4) is 0 Å². The molecule has 12 heteroatoms. The molecule has 2 aromatic rings. The first-order chi connectivity index (χ1) is 30.8. The summed E-state index contributed by atoms with van der Waals surface area (Å²) in [4.78, 5) is 62.7. The maximum Gasteiger partial charge on any atom is 0.407 e. The van der Waals surface area contributed by atoms with Crippen molar-refractivity contribution in [1.82, 2.24) is 10.6 Å². The van der Waals surface area contributed by atoms with Gasteiger partial charge in [-0.05, 0) is 86.5 Å². The highest BCUT2D eigenvalue weighted by Crippen LogP contribution is 2.44. The number of fused-ring (bicyclic) bond motifs is 3. The molecule has 1 aliphatic rings. The van der Waals surface area contributed by atoms with E-state index in [1.165, 1.54) is 12.8 Å². The highest BCUT2D eigenvalue weighted by molar-refractivity contribution is 5.87. The van der Waals surface area contributed by atoms with Crippen molar-refractivity contribution >= 4 is 29.5 Å². The van der Waals surface area contributed by atoms with Crippen molar-refractivity contribution in [2.24, 2.45) is 0 Å². The van der Waals surface area contributed by atoms with Crippen LogP contribution in [-0.4, -0.2) is 95.0 Å². The number of nitrogens with one attached hydrogen (secondary N) is 2. The summed E-state index contributed by atoms with van der Waals surface area (Å²) in [5.74, 6) is 0.00192. The molecule has 0 heterocycles. The van der Waals surface area contributed by atoms with Crippen LogP contribution in [0, 0.1) is 0 Å². The third kappa shape index (κ3) is 23.2. The average molecular weight is 877 g/mol. The molecule has 0 fully saturated rings. The van der Waals surface area contributed by atoms with E-state index >= 15 is 0 Å². The molecule has 1 atom stereocenters. The Morgan fingerprint density at radius 3 is 1.79 bits per heavy atom. The van der Waals surface area contributed by atoms with E-state index in [4.69, 9.17) is 23.7 Å². The van der Waals surface area contributed by atoms with Crippen molar-refractivity contribution in [1.29, 1.82) is 0 Å². The van der Waals surface area contributed by atoms with Crippen LogP contribution >= 0.6 is 0 Å². The molecular weight excluding hydrogens is 801 g/mol. The average Bonchev–Trinajstić information content (AvgIpc) is 3.61. The fraction of sp³-hybridized carbons (Fsp3) is 0.627. The minimum absolute atomic E-state index is 0.0122. The summed E-state index contributed by atoms with van der Waals surface area (Å²) in [5.41, 5.74) is 4.52. The first-order valence-corrected chi connectivity index (χ1v) is 23.8. The number of carbonyl (C=O) groups excluding carboxylic acids is 5. The van der Waals surface area contributed by atoms with Crippen LogP contribution < -0.4 is 10.6 Å². The summed E-state index contributed by atoms with van der Waals surface area (Å²) < 4.78 is 27.5. The first-order valence-electron chi connectivity index (χ1n) is 23.8. The fourth-order valence-corrected chi connectivity index (χ4v) is 7.64. The number of carbonyl (C=O) groups is 5. The summed E-state index contributed by atoms with van der Waals surface area (Å²) in [6.07, 6.45) is 16.0. The van der Waals surface area contributed by atoms with E-state index in [2.05, 4.69) is 48.4 Å². The molecule has 0 aromatic heterocycles. The van der Waals surface area contributed by atoms with Crippen LogP contribution in [0.5, 0.6) is 0 Å². The minimum Gasteiger partial charge on any atom is -0.461 e. The highest BCUT2D eigenvalue weighted by atomic mass is 16.6. The Balaban J connectivity index is 1.32. The number of ketones is 2. The van der Waals surface area contributed by atoms with Crippen molar-refractivity contribution in [3.63, 3.8) is 0 Å². The molecule has 0 saturated heterocycles. The number of esters is 1. The van der Waals surface area contributed by atoms with Gasteiger partial charge in [-0.25, -0.2) is 4.79 Å². The van der Waals surface area contributed by atoms with E-state index in [1.807, 2.05) is 24.3 Å². The molecule has 2 N–H and O–H groups in total. The normalized spacial score (nSPS) is 12.3. The smallest absolute Gasteiger partial charge is 0.407 e. The number of alkyl carbamates (subject to hydrolysis) is 1. The summed E-state index contributed by atoms with van der Waals surface area (Å²) in [7, 11) is 0. The van der Waals surface area contributed by atoms with Gasteiger partial charge < -0.3 is 34.3 Å². The molecule has 0 bridgehead atoms. The van der Waals surface area contributed by atoms with Crippen LogP contribution in [0.1, 0.15) is 152 Å². The molecule has 0 spiro atoms. The van der Waals surface area contributed by atoms with Crippen molar-refractivity contribution in [2.75, 3.05) is 59.4 Å². The summed E-state index contributed by atoms with van der Waals surface area (Å²) >= 11 is 0. The van der Waals surface area contributed by atoms with Gasteiger partial charge in [0.1, 0.15) is 19.0 Å². The molecule has 12 nitrogen and oxygen atoms in total. The van der Waals surface area contributed by atoms with Gasteiger partial charge in [-0.2, -0.15) is 0 Å². The number of rotatable bonds is 39. The third-order valence-electron chi connectivity index (χ3n) is 11.2. The number of hydrogen-bond donors (Lipinski definition) is 2. The molecule has 0 radical (unpaired) electrons. The molecule has 0 aliphatic heterocycles. The minimum atomic E-state index is -0.699. The Morgan fingerprint density at radius 2 is 1.17 bits per heavy atom. The number of benzene rings is 2. The topological polar surface area (TPSA) is 156 Å². The summed E-state index contributed by atoms with van der Waals surface area (Å²) in [6.45, 7) is 9.43. The Hall–Kier alpha value is -4.39. The van der Waals surface area contributed by atoms with Gasteiger partial charge >= 0.3 is 12.1 Å². The van der Waals surface area contributed by atoms with Crippen LogP contribution in [0.15, 0.2) is 61.2 Å². The number of ether oxygens (including phenoxy) is 5. The second-order valence-corrected chi connectivity index (χ2v) is 16.3. The monoisotopic (exact) mass is 877 g/mol. The third-order valence-corrected chi connectivity index (χ3v) is 11.2. The predicted octanol–water partition coefficient (Wildman–Crippen LogP) is 9.75. The summed E-state index contributed by atoms with van der Waals surface area (Å²) in [6, 6.07) is 15.6. The standard InChI is InChI=1S/C51H76N2O10/c1-3-5-6-9-22-41(54)23-10-7-8-11-30-49(56)52-32-19-16-28-47(53-51(58)63-40-46-44-26-14-12-24-42(44)43-25-13-15-27-45(43)46)48(55)29-17-20-34-59-36-38-61-39-37-60-35-21-18-31-50(57)62-33-4-2/h4,12-15,24-27,46-47H,2-3,5-11,16-23,28-40H2,1H3,(H,52,56)(H,53,58)/t47-/m0/s1. The number of unbranched alkanes of at least 4 members (excludes halogenated alkanes) is 9. The Kier molecular flexibility index (Phi) is 28.6. The van der Waals surface area contributed by atoms with E-state index in [0.29, 0.717) is 123 Å². The SMILES string of the molecule is C=CCOC(=O)CCCCOCCOCCOCCCCC(=O)[C@H](CCCCNC(=O)CCCCCCC(=O)CCCCCC)NC(=O)OCC1c2ccccc2-c2ccccc21. The maximum absolute atomic E-state index is 13.5. The van der Waals surface area contributed by atoms with Crippen LogP contribution in [0.2, 0.25) is 0 Å². The van der Waals surface area contributed by atoms with Gasteiger partial charge in [0.2, 0.25) is 5.91 Å². The second kappa shape index (κ2) is 34.1. The van der Waals surface area contributed by atoms with E-state index in [0.717, 1.165) is 67.2 Å². The lowest BCUT2D eigenvalue weighted by molar-refractivity contribution is -0.142. The van der Waals surface area contributed by atoms with E-state index in [-0.39, 0.29) is 36.8 Å². The Bertz CT molecular complexity index is 1580. The zero-order valence-corrected chi connectivity index (χ0v) is 38.1. The first kappa shape index (κ1) is 53.0. The highest BCUT2D eigenvalue weighted by Gasteiger charge is 2.30. The molecule has 1 aliphatic carbocycles. The number of hydrogen-bond acceptors (Lipinski definition) is 10. The zero-order valence-electron chi connectivity index (χ0n) is 38.1. The van der Waals surface area contributed by atoms with Gasteiger partial charge in [-0.3, -0.25) is 19.2 Å². The van der Waals surface area contributed by atoms with Gasteiger partial charge in [-0.1, -0.05) is 100 Å². The lowest BCUT2D eigenvalue weighted by Gasteiger charge is -2.19. The zero-order chi connectivity index (χ0) is 45.2. The fourth-order valence-electron chi connectivity index (χ4n) is 7.64. The largest absolute Gasteiger partial charge is 0.461 e. The van der Waals surface area contributed by atoms with Gasteiger partial charge in [-0.15, -0.1) is 0 Å². The van der Waals surface area contributed by atoms with Gasteiger partial charge in [0, 0.05) is 57.8 Å². The van der Waals surface area contributed by atoms with E-state index in [1.54, 1.807) is 6.08 Å². The lowest BCUT2D eigenvalue weighted by Crippen LogP contribution is -2.41. The van der Waals surface area contributed by atoms with Gasteiger partial charge in [0.25, 0.3) is 0 Å². The van der Waals surface area contributed by atoms with Crippen LogP contribution in [0.25, 0.3) is 11.1 Å². The maximum atomic E-state index is 13.5. The quantitative estimate of drug-likeness (QED) is 0.0377. The van der Waals surface area contributed by atoms with Crippen molar-refractivity contribution < 1.29 is 47.7 Å².